The number of ketones is 1. The highest BCUT2D eigenvalue weighted by Gasteiger charge is 2.26. The van der Waals surface area contributed by atoms with Crippen LogP contribution in [-0.4, -0.2) is 59.1 Å². The van der Waals surface area contributed by atoms with E-state index in [1.807, 2.05) is 4.90 Å². The smallest absolute Gasteiger partial charge is 0.269 e. The van der Waals surface area contributed by atoms with Crippen molar-refractivity contribution >= 4 is 17.4 Å². The van der Waals surface area contributed by atoms with Gasteiger partial charge in [0.05, 0.1) is 17.0 Å². The molecule has 2 aromatic carbocycles. The first-order valence-corrected chi connectivity index (χ1v) is 9.06. The van der Waals surface area contributed by atoms with Gasteiger partial charge < -0.3 is 4.90 Å². The van der Waals surface area contributed by atoms with Crippen LogP contribution < -0.4 is 0 Å². The third kappa shape index (κ3) is 5.00. The van der Waals surface area contributed by atoms with Gasteiger partial charge in [-0.3, -0.25) is 24.6 Å². The number of nitro benzene ring substituents is 1. The Labute approximate surface area is 165 Å². The van der Waals surface area contributed by atoms with E-state index in [0.717, 1.165) is 6.07 Å². The number of piperazine rings is 1. The maximum absolute atomic E-state index is 13.8. The summed E-state index contributed by atoms with van der Waals surface area (Å²) in [6.45, 7) is 1.68. The number of Topliss-reactive ketones (excluding diaryl/α,β-unsaturated/α-hetero) is 1. The number of non-ortho nitro benzene ring substituents is 1. The van der Waals surface area contributed by atoms with Gasteiger partial charge in [0.2, 0.25) is 0 Å². The third-order valence-electron chi connectivity index (χ3n) is 4.79. The summed E-state index contributed by atoms with van der Waals surface area (Å²) in [6, 6.07) is 9.33. The largest absolute Gasteiger partial charge is 0.336 e. The Morgan fingerprint density at radius 2 is 1.66 bits per heavy atom. The van der Waals surface area contributed by atoms with Gasteiger partial charge in [-0.1, -0.05) is 18.2 Å². The van der Waals surface area contributed by atoms with Crippen LogP contribution in [0.1, 0.15) is 15.9 Å². The maximum Gasteiger partial charge on any atom is 0.269 e. The number of nitro groups is 1. The van der Waals surface area contributed by atoms with Crippen LogP contribution in [0, 0.1) is 21.7 Å². The summed E-state index contributed by atoms with van der Waals surface area (Å²) in [5, 5.41) is 10.7. The predicted molar refractivity (Wildman–Crippen MR) is 101 cm³/mol. The molecule has 0 saturated carbocycles. The molecule has 0 unspecified atom stereocenters. The summed E-state index contributed by atoms with van der Waals surface area (Å²) >= 11 is 0. The molecule has 0 aliphatic carbocycles. The van der Waals surface area contributed by atoms with Crippen LogP contribution >= 0.6 is 0 Å². The van der Waals surface area contributed by atoms with Crippen LogP contribution in [0.4, 0.5) is 14.5 Å². The van der Waals surface area contributed by atoms with E-state index in [4.69, 9.17) is 0 Å². The molecule has 0 bridgehead atoms. The Morgan fingerprint density at radius 1 is 1.00 bits per heavy atom. The maximum atomic E-state index is 13.8. The minimum Gasteiger partial charge on any atom is -0.336 e. The standard InChI is InChI=1S/C20H19F2N3O4/c21-18-3-1-2-17(19(18)22)20(27)24-10-8-23(9-11-24)13-16(26)12-14-4-6-15(7-5-14)25(28)29/h1-7H,8-13H2. The zero-order valence-electron chi connectivity index (χ0n) is 15.5. The minimum absolute atomic E-state index is 0.0308. The molecule has 1 heterocycles. The summed E-state index contributed by atoms with van der Waals surface area (Å²) in [4.78, 5) is 38.2. The first-order chi connectivity index (χ1) is 13.8. The molecule has 0 N–H and O–H groups in total. The van der Waals surface area contributed by atoms with Gasteiger partial charge in [-0.25, -0.2) is 8.78 Å². The van der Waals surface area contributed by atoms with Crippen molar-refractivity contribution in [1.29, 1.82) is 0 Å². The number of hydrogen-bond acceptors (Lipinski definition) is 5. The molecule has 1 aliphatic rings. The molecule has 1 aliphatic heterocycles. The number of rotatable bonds is 6. The van der Waals surface area contributed by atoms with Crippen molar-refractivity contribution < 1.29 is 23.3 Å². The van der Waals surface area contributed by atoms with Gasteiger partial charge in [-0.2, -0.15) is 0 Å². The lowest BCUT2D eigenvalue weighted by Gasteiger charge is -2.34. The monoisotopic (exact) mass is 403 g/mol. The average Bonchev–Trinajstić information content (AvgIpc) is 2.70. The van der Waals surface area contributed by atoms with Crippen molar-refractivity contribution in [2.45, 2.75) is 6.42 Å². The normalized spacial score (nSPS) is 14.6. The summed E-state index contributed by atoms with van der Waals surface area (Å²) in [5.41, 5.74) is 0.361. The van der Waals surface area contributed by atoms with Crippen LogP contribution in [-0.2, 0) is 11.2 Å². The number of hydrogen-bond donors (Lipinski definition) is 0. The zero-order chi connectivity index (χ0) is 21.0. The highest BCUT2D eigenvalue weighted by molar-refractivity contribution is 5.94. The third-order valence-corrected chi connectivity index (χ3v) is 4.79. The first-order valence-electron chi connectivity index (χ1n) is 9.06. The Hall–Kier alpha value is -3.20. The Kier molecular flexibility index (Phi) is 6.28. The van der Waals surface area contributed by atoms with E-state index < -0.39 is 22.5 Å². The van der Waals surface area contributed by atoms with Gasteiger partial charge in [0.15, 0.2) is 17.4 Å². The van der Waals surface area contributed by atoms with E-state index in [9.17, 15) is 28.5 Å². The van der Waals surface area contributed by atoms with Crippen molar-refractivity contribution in [2.24, 2.45) is 0 Å². The van der Waals surface area contributed by atoms with Crippen LogP contribution in [0.25, 0.3) is 0 Å². The van der Waals surface area contributed by atoms with Gasteiger partial charge in [0, 0.05) is 44.7 Å². The number of benzene rings is 2. The molecule has 3 rings (SSSR count). The summed E-state index contributed by atoms with van der Waals surface area (Å²) in [7, 11) is 0. The minimum atomic E-state index is -1.15. The van der Waals surface area contributed by atoms with E-state index in [-0.39, 0.29) is 30.0 Å². The molecular weight excluding hydrogens is 384 g/mol. The lowest BCUT2D eigenvalue weighted by Crippen LogP contribution is -2.50. The SMILES string of the molecule is O=C(Cc1ccc([N+](=O)[O-])cc1)CN1CCN(C(=O)c2cccc(F)c2F)CC1. The lowest BCUT2D eigenvalue weighted by atomic mass is 10.1. The molecule has 7 nitrogen and oxygen atoms in total. The molecular formula is C20H19F2N3O4. The predicted octanol–water partition coefficient (Wildman–Crippen LogP) is 2.44. The summed E-state index contributed by atoms with van der Waals surface area (Å²) < 4.78 is 27.1. The van der Waals surface area contributed by atoms with E-state index in [1.165, 1.54) is 29.2 Å². The first kappa shape index (κ1) is 20.5. The fourth-order valence-corrected chi connectivity index (χ4v) is 3.22. The Balaban J connectivity index is 1.50. The summed E-state index contributed by atoms with van der Waals surface area (Å²) in [5.74, 6) is -2.84. The lowest BCUT2D eigenvalue weighted by molar-refractivity contribution is -0.384. The molecule has 0 spiro atoms. The second-order valence-electron chi connectivity index (χ2n) is 6.81. The average molecular weight is 403 g/mol. The van der Waals surface area contributed by atoms with Crippen molar-refractivity contribution in [3.05, 3.63) is 75.3 Å². The van der Waals surface area contributed by atoms with Crippen LogP contribution in [0.15, 0.2) is 42.5 Å². The van der Waals surface area contributed by atoms with Crippen LogP contribution in [0.3, 0.4) is 0 Å². The van der Waals surface area contributed by atoms with E-state index >= 15 is 0 Å². The Morgan fingerprint density at radius 3 is 2.28 bits per heavy atom. The number of amides is 1. The van der Waals surface area contributed by atoms with Crippen LogP contribution in [0.5, 0.6) is 0 Å². The quantitative estimate of drug-likeness (QED) is 0.547. The number of halogens is 2. The molecule has 2 aromatic rings. The van der Waals surface area contributed by atoms with Crippen molar-refractivity contribution in [1.82, 2.24) is 9.80 Å². The highest BCUT2D eigenvalue weighted by atomic mass is 19.2. The highest BCUT2D eigenvalue weighted by Crippen LogP contribution is 2.16. The van der Waals surface area contributed by atoms with Gasteiger partial charge in [-0.05, 0) is 17.7 Å². The second-order valence-corrected chi connectivity index (χ2v) is 6.81. The molecule has 0 aromatic heterocycles. The topological polar surface area (TPSA) is 83.8 Å². The van der Waals surface area contributed by atoms with Gasteiger partial charge in [-0.15, -0.1) is 0 Å². The fourth-order valence-electron chi connectivity index (χ4n) is 3.22. The van der Waals surface area contributed by atoms with Crippen molar-refractivity contribution in [2.75, 3.05) is 32.7 Å². The molecule has 9 heteroatoms. The molecule has 29 heavy (non-hydrogen) atoms. The van der Waals surface area contributed by atoms with Gasteiger partial charge >= 0.3 is 0 Å². The van der Waals surface area contributed by atoms with Crippen LogP contribution in [0.2, 0.25) is 0 Å². The van der Waals surface area contributed by atoms with Crippen molar-refractivity contribution in [3.8, 4) is 0 Å². The fraction of sp³-hybridized carbons (Fsp3) is 0.300. The van der Waals surface area contributed by atoms with Gasteiger partial charge in [0.25, 0.3) is 11.6 Å². The van der Waals surface area contributed by atoms with Crippen molar-refractivity contribution in [3.63, 3.8) is 0 Å². The van der Waals surface area contributed by atoms with E-state index in [2.05, 4.69) is 0 Å². The zero-order valence-corrected chi connectivity index (χ0v) is 15.5. The number of carbonyl (C=O) groups is 2. The molecule has 1 amide bonds. The van der Waals surface area contributed by atoms with E-state index in [0.29, 0.717) is 31.7 Å². The molecule has 0 radical (unpaired) electrons. The Bertz CT molecular complexity index is 926. The van der Waals surface area contributed by atoms with E-state index in [1.54, 1.807) is 12.1 Å². The van der Waals surface area contributed by atoms with Gasteiger partial charge in [0.1, 0.15) is 0 Å². The molecule has 152 valence electrons. The number of nitrogens with zero attached hydrogens (tertiary/aromatic N) is 3. The molecule has 0 atom stereocenters. The second kappa shape index (κ2) is 8.87. The molecule has 1 fully saturated rings. The molecule has 1 saturated heterocycles. The summed E-state index contributed by atoms with van der Waals surface area (Å²) in [6.07, 6.45) is 0.158. The number of carbonyl (C=O) groups excluding carboxylic acids is 2.